The zero-order chi connectivity index (χ0) is 13.2. The molecule has 5 heteroatoms. The number of furan rings is 1. The summed E-state index contributed by atoms with van der Waals surface area (Å²) in [6.07, 6.45) is -2.69. The van der Waals surface area contributed by atoms with Gasteiger partial charge in [-0.25, -0.2) is 0 Å². The van der Waals surface area contributed by atoms with Gasteiger partial charge in [0.25, 0.3) is 0 Å². The van der Waals surface area contributed by atoms with Crippen LogP contribution >= 0.6 is 0 Å². The highest BCUT2D eigenvalue weighted by atomic mass is 19.4. The molecule has 0 aliphatic heterocycles. The molecule has 2 rings (SSSR count). The highest BCUT2D eigenvalue weighted by Gasteiger charge is 2.34. The SMILES string of the molecule is NC(Cc1ccco1)c1ccccc1C(F)(F)F. The lowest BCUT2D eigenvalue weighted by atomic mass is 9.97. The Kier molecular flexibility index (Phi) is 3.43. The Bertz CT molecular complexity index is 505. The molecule has 1 aromatic carbocycles. The third-order valence-corrected chi connectivity index (χ3v) is 2.67. The van der Waals surface area contributed by atoms with Gasteiger partial charge in [0, 0.05) is 12.5 Å². The quantitative estimate of drug-likeness (QED) is 0.911. The molecule has 0 aliphatic carbocycles. The summed E-state index contributed by atoms with van der Waals surface area (Å²) in [7, 11) is 0. The van der Waals surface area contributed by atoms with Gasteiger partial charge < -0.3 is 10.2 Å². The molecule has 0 amide bonds. The lowest BCUT2D eigenvalue weighted by molar-refractivity contribution is -0.138. The molecule has 0 radical (unpaired) electrons. The Balaban J connectivity index is 2.27. The summed E-state index contributed by atoms with van der Waals surface area (Å²) in [5.74, 6) is 0.569. The fraction of sp³-hybridized carbons (Fsp3) is 0.231. The number of benzene rings is 1. The molecule has 18 heavy (non-hydrogen) atoms. The monoisotopic (exact) mass is 255 g/mol. The normalized spacial score (nSPS) is 13.6. The van der Waals surface area contributed by atoms with Crippen LogP contribution in [0.4, 0.5) is 13.2 Å². The number of halogens is 3. The Labute approximate surface area is 102 Å². The van der Waals surface area contributed by atoms with Gasteiger partial charge in [-0.05, 0) is 23.8 Å². The summed E-state index contributed by atoms with van der Waals surface area (Å²) in [5, 5.41) is 0. The number of hydrogen-bond acceptors (Lipinski definition) is 2. The predicted octanol–water partition coefficient (Wildman–Crippen LogP) is 3.54. The van der Waals surface area contributed by atoms with Gasteiger partial charge >= 0.3 is 6.18 Å². The molecule has 2 nitrogen and oxygen atoms in total. The first kappa shape index (κ1) is 12.7. The molecule has 1 heterocycles. The van der Waals surface area contributed by atoms with Gasteiger partial charge in [0.05, 0.1) is 11.8 Å². The van der Waals surface area contributed by atoms with E-state index in [1.807, 2.05) is 0 Å². The molecule has 1 aromatic heterocycles. The van der Waals surface area contributed by atoms with Gasteiger partial charge in [-0.15, -0.1) is 0 Å². The smallest absolute Gasteiger partial charge is 0.416 e. The fourth-order valence-corrected chi connectivity index (χ4v) is 1.83. The lowest BCUT2D eigenvalue weighted by Crippen LogP contribution is -2.19. The molecule has 2 aromatic rings. The molecular formula is C13H12F3NO. The molecule has 0 spiro atoms. The number of alkyl halides is 3. The van der Waals surface area contributed by atoms with Crippen molar-refractivity contribution in [2.75, 3.05) is 0 Å². The van der Waals surface area contributed by atoms with Crippen molar-refractivity contribution in [3.63, 3.8) is 0 Å². The Morgan fingerprint density at radius 3 is 2.44 bits per heavy atom. The van der Waals surface area contributed by atoms with E-state index in [1.165, 1.54) is 18.4 Å². The van der Waals surface area contributed by atoms with Crippen molar-refractivity contribution in [2.45, 2.75) is 18.6 Å². The van der Waals surface area contributed by atoms with Crippen molar-refractivity contribution in [3.05, 3.63) is 59.5 Å². The van der Waals surface area contributed by atoms with Gasteiger partial charge in [0.2, 0.25) is 0 Å². The molecule has 1 unspecified atom stereocenters. The van der Waals surface area contributed by atoms with E-state index in [0.29, 0.717) is 5.76 Å². The Morgan fingerprint density at radius 1 is 1.11 bits per heavy atom. The first-order chi connectivity index (χ1) is 8.48. The van der Waals surface area contributed by atoms with Gasteiger partial charge in [-0.2, -0.15) is 13.2 Å². The van der Waals surface area contributed by atoms with Crippen LogP contribution in [-0.4, -0.2) is 0 Å². The molecule has 0 bridgehead atoms. The van der Waals surface area contributed by atoms with Crippen LogP contribution in [0.25, 0.3) is 0 Å². The van der Waals surface area contributed by atoms with E-state index >= 15 is 0 Å². The molecule has 0 fully saturated rings. The summed E-state index contributed by atoms with van der Waals surface area (Å²) in [6.45, 7) is 0. The lowest BCUT2D eigenvalue weighted by Gasteiger charge is -2.17. The van der Waals surface area contributed by atoms with Crippen molar-refractivity contribution in [2.24, 2.45) is 5.73 Å². The van der Waals surface area contributed by atoms with E-state index in [9.17, 15) is 13.2 Å². The maximum absolute atomic E-state index is 12.8. The van der Waals surface area contributed by atoms with E-state index in [1.54, 1.807) is 18.2 Å². The van der Waals surface area contributed by atoms with Crippen molar-refractivity contribution in [3.8, 4) is 0 Å². The molecular weight excluding hydrogens is 243 g/mol. The predicted molar refractivity (Wildman–Crippen MR) is 60.8 cm³/mol. The second-order valence-electron chi connectivity index (χ2n) is 3.97. The Morgan fingerprint density at radius 2 is 1.83 bits per heavy atom. The van der Waals surface area contributed by atoms with E-state index in [4.69, 9.17) is 10.2 Å². The molecule has 2 N–H and O–H groups in total. The molecule has 96 valence electrons. The second kappa shape index (κ2) is 4.86. The van der Waals surface area contributed by atoms with Gasteiger partial charge in [0.15, 0.2) is 0 Å². The highest BCUT2D eigenvalue weighted by molar-refractivity contribution is 5.32. The van der Waals surface area contributed by atoms with Crippen molar-refractivity contribution in [1.29, 1.82) is 0 Å². The van der Waals surface area contributed by atoms with Crippen LogP contribution in [0.15, 0.2) is 47.1 Å². The van der Waals surface area contributed by atoms with Crippen LogP contribution in [-0.2, 0) is 12.6 Å². The van der Waals surface area contributed by atoms with Crippen LogP contribution in [0, 0.1) is 0 Å². The van der Waals surface area contributed by atoms with E-state index < -0.39 is 17.8 Å². The number of hydrogen-bond donors (Lipinski definition) is 1. The average Bonchev–Trinajstić information content (AvgIpc) is 2.80. The molecule has 1 atom stereocenters. The largest absolute Gasteiger partial charge is 0.469 e. The molecule has 0 aliphatic rings. The second-order valence-corrected chi connectivity index (χ2v) is 3.97. The molecule has 0 saturated heterocycles. The minimum Gasteiger partial charge on any atom is -0.469 e. The van der Waals surface area contributed by atoms with Crippen molar-refractivity contribution < 1.29 is 17.6 Å². The van der Waals surface area contributed by atoms with Gasteiger partial charge in [-0.3, -0.25) is 0 Å². The third-order valence-electron chi connectivity index (χ3n) is 2.67. The summed E-state index contributed by atoms with van der Waals surface area (Å²) in [4.78, 5) is 0. The van der Waals surface area contributed by atoms with Crippen LogP contribution in [0.1, 0.15) is 22.9 Å². The van der Waals surface area contributed by atoms with Crippen LogP contribution in [0.2, 0.25) is 0 Å². The first-order valence-electron chi connectivity index (χ1n) is 5.42. The Hall–Kier alpha value is -1.75. The average molecular weight is 255 g/mol. The summed E-state index contributed by atoms with van der Waals surface area (Å²) in [5.41, 5.74) is 5.22. The van der Waals surface area contributed by atoms with E-state index in [2.05, 4.69) is 0 Å². The van der Waals surface area contributed by atoms with Crippen LogP contribution in [0.5, 0.6) is 0 Å². The van der Waals surface area contributed by atoms with E-state index in [0.717, 1.165) is 6.07 Å². The zero-order valence-electron chi connectivity index (χ0n) is 9.45. The third kappa shape index (κ3) is 2.73. The topological polar surface area (TPSA) is 39.2 Å². The summed E-state index contributed by atoms with van der Waals surface area (Å²) < 4.78 is 43.5. The maximum atomic E-state index is 12.8. The van der Waals surface area contributed by atoms with Crippen LogP contribution in [0.3, 0.4) is 0 Å². The summed E-state index contributed by atoms with van der Waals surface area (Å²) >= 11 is 0. The standard InChI is InChI=1S/C13H12F3NO/c14-13(15,16)11-6-2-1-5-10(11)12(17)8-9-4-3-7-18-9/h1-7,12H,8,17H2. The molecule has 0 saturated carbocycles. The van der Waals surface area contributed by atoms with Gasteiger partial charge in [-0.1, -0.05) is 18.2 Å². The highest BCUT2D eigenvalue weighted by Crippen LogP contribution is 2.34. The van der Waals surface area contributed by atoms with Crippen LogP contribution < -0.4 is 5.73 Å². The zero-order valence-corrected chi connectivity index (χ0v) is 9.45. The minimum atomic E-state index is -4.39. The minimum absolute atomic E-state index is 0.0846. The number of rotatable bonds is 3. The fourth-order valence-electron chi connectivity index (χ4n) is 1.83. The summed E-state index contributed by atoms with van der Waals surface area (Å²) in [6, 6.07) is 7.97. The van der Waals surface area contributed by atoms with Crippen molar-refractivity contribution in [1.82, 2.24) is 0 Å². The van der Waals surface area contributed by atoms with Crippen molar-refractivity contribution >= 4 is 0 Å². The first-order valence-corrected chi connectivity index (χ1v) is 5.42. The maximum Gasteiger partial charge on any atom is 0.416 e. The van der Waals surface area contributed by atoms with E-state index in [-0.39, 0.29) is 12.0 Å². The van der Waals surface area contributed by atoms with Gasteiger partial charge in [0.1, 0.15) is 5.76 Å². The number of nitrogens with two attached hydrogens (primary N) is 1.